The van der Waals surface area contributed by atoms with Crippen molar-refractivity contribution in [3.05, 3.63) is 53.3 Å². The van der Waals surface area contributed by atoms with E-state index in [0.29, 0.717) is 0 Å². The number of morpholine rings is 1. The van der Waals surface area contributed by atoms with Crippen LogP contribution < -0.4 is 0 Å². The molecule has 118 valence electrons. The first-order valence-corrected chi connectivity index (χ1v) is 8.18. The lowest BCUT2D eigenvalue weighted by molar-refractivity contribution is 0.0341. The molecule has 1 aliphatic rings. The number of pyridine rings is 1. The maximum absolute atomic E-state index is 6.06. The van der Waals surface area contributed by atoms with Gasteiger partial charge in [0, 0.05) is 59.2 Å². The Morgan fingerprint density at radius 1 is 1.13 bits per heavy atom. The summed E-state index contributed by atoms with van der Waals surface area (Å²) in [5.74, 6) is 0. The molecule has 1 aromatic carbocycles. The van der Waals surface area contributed by atoms with Crippen LogP contribution in [0.1, 0.15) is 5.56 Å². The van der Waals surface area contributed by atoms with E-state index in [-0.39, 0.29) is 0 Å². The molecule has 2 aromatic heterocycles. The minimum absolute atomic E-state index is 0.741. The fourth-order valence-corrected chi connectivity index (χ4v) is 3.17. The Morgan fingerprint density at radius 3 is 2.87 bits per heavy atom. The second-order valence-electron chi connectivity index (χ2n) is 5.88. The van der Waals surface area contributed by atoms with Crippen LogP contribution in [0.4, 0.5) is 0 Å². The number of fused-ring (bicyclic) bond motifs is 1. The number of halogens is 1. The van der Waals surface area contributed by atoms with E-state index in [9.17, 15) is 0 Å². The summed E-state index contributed by atoms with van der Waals surface area (Å²) in [6, 6.07) is 10.2. The first-order valence-electron chi connectivity index (χ1n) is 7.81. The highest BCUT2D eigenvalue weighted by atomic mass is 35.5. The molecule has 0 atom stereocenters. The molecule has 4 nitrogen and oxygen atoms in total. The monoisotopic (exact) mass is 327 g/mol. The number of rotatable bonds is 3. The molecule has 0 radical (unpaired) electrons. The highest BCUT2D eigenvalue weighted by molar-refractivity contribution is 6.31. The largest absolute Gasteiger partial charge is 0.379 e. The van der Waals surface area contributed by atoms with Gasteiger partial charge in [-0.2, -0.15) is 0 Å². The van der Waals surface area contributed by atoms with Crippen molar-refractivity contribution >= 4 is 22.5 Å². The van der Waals surface area contributed by atoms with Gasteiger partial charge < -0.3 is 9.72 Å². The molecule has 23 heavy (non-hydrogen) atoms. The van der Waals surface area contributed by atoms with Crippen LogP contribution in [0.15, 0.2) is 42.7 Å². The van der Waals surface area contributed by atoms with Crippen LogP contribution in [-0.4, -0.2) is 41.2 Å². The Kier molecular flexibility index (Phi) is 4.04. The van der Waals surface area contributed by atoms with Gasteiger partial charge in [0.2, 0.25) is 0 Å². The van der Waals surface area contributed by atoms with Crippen molar-refractivity contribution in [3.8, 4) is 11.3 Å². The fourth-order valence-electron chi connectivity index (χ4n) is 2.99. The number of hydrogen-bond donors (Lipinski definition) is 1. The molecule has 1 aliphatic heterocycles. The average Bonchev–Trinajstić information content (AvgIpc) is 2.99. The zero-order valence-corrected chi connectivity index (χ0v) is 13.5. The highest BCUT2D eigenvalue weighted by Crippen LogP contribution is 2.26. The van der Waals surface area contributed by atoms with Crippen LogP contribution >= 0.6 is 11.6 Å². The van der Waals surface area contributed by atoms with Crippen LogP contribution in [0.3, 0.4) is 0 Å². The van der Waals surface area contributed by atoms with Gasteiger partial charge in [0.1, 0.15) is 0 Å². The van der Waals surface area contributed by atoms with Gasteiger partial charge in [0.15, 0.2) is 0 Å². The van der Waals surface area contributed by atoms with Crippen LogP contribution in [0.25, 0.3) is 22.2 Å². The zero-order chi connectivity index (χ0) is 15.6. The van der Waals surface area contributed by atoms with Crippen LogP contribution in [0, 0.1) is 0 Å². The maximum Gasteiger partial charge on any atom is 0.0594 e. The van der Waals surface area contributed by atoms with Gasteiger partial charge in [0.25, 0.3) is 0 Å². The summed E-state index contributed by atoms with van der Waals surface area (Å²) in [5, 5.41) is 1.90. The second-order valence-corrected chi connectivity index (χ2v) is 6.32. The summed E-state index contributed by atoms with van der Waals surface area (Å²) in [6.07, 6.45) is 3.84. The van der Waals surface area contributed by atoms with E-state index < -0.39 is 0 Å². The van der Waals surface area contributed by atoms with Gasteiger partial charge in [-0.1, -0.05) is 17.7 Å². The van der Waals surface area contributed by atoms with Gasteiger partial charge in [0.05, 0.1) is 13.2 Å². The minimum Gasteiger partial charge on any atom is -0.379 e. The van der Waals surface area contributed by atoms with E-state index in [1.807, 2.05) is 30.6 Å². The molecule has 1 N–H and O–H groups in total. The normalized spacial score (nSPS) is 16.0. The standard InChI is InChI=1S/C18H18ClN3O/c19-16-2-1-14-8-17(21-18(14)9-16)15-7-13(10-20-11-15)12-22-3-5-23-6-4-22/h1-2,7-11,21H,3-6,12H2. The summed E-state index contributed by atoms with van der Waals surface area (Å²) in [5.41, 5.74) is 4.44. The molecule has 0 unspecified atom stereocenters. The average molecular weight is 328 g/mol. The lowest BCUT2D eigenvalue weighted by Crippen LogP contribution is -2.35. The number of aromatic amines is 1. The van der Waals surface area contributed by atoms with E-state index in [0.717, 1.165) is 60.0 Å². The Balaban J connectivity index is 1.61. The Bertz CT molecular complexity index is 824. The molecule has 5 heteroatoms. The fraction of sp³-hybridized carbons (Fsp3) is 0.278. The molecule has 1 fully saturated rings. The van der Waals surface area contributed by atoms with Gasteiger partial charge in [-0.15, -0.1) is 0 Å². The molecule has 1 saturated heterocycles. The zero-order valence-electron chi connectivity index (χ0n) is 12.8. The Morgan fingerprint density at radius 2 is 2.00 bits per heavy atom. The quantitative estimate of drug-likeness (QED) is 0.797. The third-order valence-corrected chi connectivity index (χ3v) is 4.44. The van der Waals surface area contributed by atoms with Crippen LogP contribution in [-0.2, 0) is 11.3 Å². The van der Waals surface area contributed by atoms with E-state index in [2.05, 4.69) is 27.0 Å². The molecular formula is C18H18ClN3O. The molecule has 0 bridgehead atoms. The Hall–Kier alpha value is -1.88. The molecule has 3 heterocycles. The number of benzene rings is 1. The molecule has 0 saturated carbocycles. The van der Waals surface area contributed by atoms with Crippen molar-refractivity contribution < 1.29 is 4.74 Å². The summed E-state index contributed by atoms with van der Waals surface area (Å²) in [6.45, 7) is 4.51. The maximum atomic E-state index is 6.06. The van der Waals surface area contributed by atoms with E-state index in [1.165, 1.54) is 5.56 Å². The summed E-state index contributed by atoms with van der Waals surface area (Å²) >= 11 is 6.06. The Labute approximate surface area is 140 Å². The predicted octanol–water partition coefficient (Wildman–Crippen LogP) is 3.72. The second kappa shape index (κ2) is 6.32. The molecule has 0 amide bonds. The molecular weight excluding hydrogens is 310 g/mol. The summed E-state index contributed by atoms with van der Waals surface area (Å²) < 4.78 is 5.40. The van der Waals surface area contributed by atoms with Crippen molar-refractivity contribution in [2.45, 2.75) is 6.54 Å². The SMILES string of the molecule is Clc1ccc2cc(-c3cncc(CN4CCOCC4)c3)[nH]c2c1. The number of H-pyrrole nitrogens is 1. The first kappa shape index (κ1) is 14.7. The van der Waals surface area contributed by atoms with Crippen molar-refractivity contribution in [1.29, 1.82) is 0 Å². The predicted molar refractivity (Wildman–Crippen MR) is 92.6 cm³/mol. The third kappa shape index (κ3) is 3.24. The number of nitrogens with one attached hydrogen (secondary N) is 1. The first-order chi connectivity index (χ1) is 11.3. The number of hydrogen-bond acceptors (Lipinski definition) is 3. The lowest BCUT2D eigenvalue weighted by atomic mass is 10.1. The molecule has 4 rings (SSSR count). The van der Waals surface area contributed by atoms with Crippen molar-refractivity contribution in [2.75, 3.05) is 26.3 Å². The molecule has 3 aromatic rings. The topological polar surface area (TPSA) is 41.2 Å². The van der Waals surface area contributed by atoms with Gasteiger partial charge in [-0.3, -0.25) is 9.88 Å². The van der Waals surface area contributed by atoms with Crippen molar-refractivity contribution in [2.24, 2.45) is 0 Å². The van der Waals surface area contributed by atoms with Crippen molar-refractivity contribution in [1.82, 2.24) is 14.9 Å². The van der Waals surface area contributed by atoms with Crippen molar-refractivity contribution in [3.63, 3.8) is 0 Å². The smallest absolute Gasteiger partial charge is 0.0594 e. The lowest BCUT2D eigenvalue weighted by Gasteiger charge is -2.26. The number of nitrogens with zero attached hydrogens (tertiary/aromatic N) is 2. The number of aromatic nitrogens is 2. The summed E-state index contributed by atoms with van der Waals surface area (Å²) in [7, 11) is 0. The van der Waals surface area contributed by atoms with E-state index in [4.69, 9.17) is 16.3 Å². The molecule has 0 aliphatic carbocycles. The number of ether oxygens (including phenoxy) is 1. The van der Waals surface area contributed by atoms with Gasteiger partial charge in [-0.05, 0) is 29.8 Å². The summed E-state index contributed by atoms with van der Waals surface area (Å²) in [4.78, 5) is 10.2. The van der Waals surface area contributed by atoms with Gasteiger partial charge >= 0.3 is 0 Å². The third-order valence-electron chi connectivity index (χ3n) is 4.20. The van der Waals surface area contributed by atoms with Crippen LogP contribution in [0.2, 0.25) is 5.02 Å². The minimum atomic E-state index is 0.741. The highest BCUT2D eigenvalue weighted by Gasteiger charge is 2.12. The van der Waals surface area contributed by atoms with E-state index >= 15 is 0 Å². The molecule has 0 spiro atoms. The van der Waals surface area contributed by atoms with E-state index in [1.54, 1.807) is 0 Å². The van der Waals surface area contributed by atoms with Gasteiger partial charge in [-0.25, -0.2) is 0 Å². The van der Waals surface area contributed by atoms with Crippen LogP contribution in [0.5, 0.6) is 0 Å².